The first-order valence-electron chi connectivity index (χ1n) is 7.59. The van der Waals surface area contributed by atoms with Gasteiger partial charge in [-0.2, -0.15) is 0 Å². The first-order valence-corrected chi connectivity index (χ1v) is 8.47. The molecule has 0 radical (unpaired) electrons. The largest absolute Gasteiger partial charge is 0.293 e. The second-order valence-electron chi connectivity index (χ2n) is 5.60. The molecule has 0 amide bonds. The van der Waals surface area contributed by atoms with Gasteiger partial charge in [-0.25, -0.2) is 13.8 Å². The van der Waals surface area contributed by atoms with E-state index in [1.165, 1.54) is 40.4 Å². The van der Waals surface area contributed by atoms with Crippen LogP contribution in [-0.4, -0.2) is 9.55 Å². The van der Waals surface area contributed by atoms with E-state index in [-0.39, 0.29) is 23.7 Å². The Morgan fingerprint density at radius 2 is 1.80 bits per heavy atom. The Morgan fingerprint density at radius 1 is 1.04 bits per heavy atom. The number of rotatable bonds is 3. The minimum absolute atomic E-state index is 0.123. The van der Waals surface area contributed by atoms with Crippen LogP contribution in [0.4, 0.5) is 8.78 Å². The van der Waals surface area contributed by atoms with Gasteiger partial charge in [0.25, 0.3) is 5.56 Å². The monoisotopic (exact) mass is 354 g/mol. The van der Waals surface area contributed by atoms with Crippen LogP contribution in [0.15, 0.2) is 65.0 Å². The predicted molar refractivity (Wildman–Crippen MR) is 94.8 cm³/mol. The van der Waals surface area contributed by atoms with Crippen molar-refractivity contribution in [3.05, 3.63) is 87.8 Å². The minimum Gasteiger partial charge on any atom is -0.293 e. The van der Waals surface area contributed by atoms with Gasteiger partial charge in [-0.1, -0.05) is 30.3 Å². The first kappa shape index (κ1) is 15.7. The molecule has 124 valence electrons. The van der Waals surface area contributed by atoms with Crippen LogP contribution in [0.5, 0.6) is 0 Å². The van der Waals surface area contributed by atoms with Crippen LogP contribution >= 0.6 is 11.3 Å². The fraction of sp³-hybridized carbons (Fsp3) is 0.0526. The zero-order valence-corrected chi connectivity index (χ0v) is 13.8. The second-order valence-corrected chi connectivity index (χ2v) is 6.48. The van der Waals surface area contributed by atoms with Crippen molar-refractivity contribution >= 4 is 21.6 Å². The van der Waals surface area contributed by atoms with Gasteiger partial charge in [-0.05, 0) is 23.8 Å². The molecule has 0 saturated heterocycles. The summed E-state index contributed by atoms with van der Waals surface area (Å²) in [7, 11) is 0. The van der Waals surface area contributed by atoms with Crippen LogP contribution in [0, 0.1) is 11.6 Å². The second kappa shape index (κ2) is 6.22. The van der Waals surface area contributed by atoms with Crippen molar-refractivity contribution in [2.24, 2.45) is 0 Å². The Bertz CT molecular complexity index is 1120. The minimum atomic E-state index is -0.354. The van der Waals surface area contributed by atoms with Crippen LogP contribution in [0.25, 0.3) is 21.3 Å². The molecule has 0 fully saturated rings. The van der Waals surface area contributed by atoms with Crippen molar-refractivity contribution in [1.82, 2.24) is 9.55 Å². The van der Waals surface area contributed by atoms with Crippen molar-refractivity contribution in [2.45, 2.75) is 6.54 Å². The van der Waals surface area contributed by atoms with E-state index in [1.54, 1.807) is 30.3 Å². The van der Waals surface area contributed by atoms with Gasteiger partial charge < -0.3 is 0 Å². The number of thiophene rings is 1. The zero-order chi connectivity index (χ0) is 17.4. The van der Waals surface area contributed by atoms with E-state index in [2.05, 4.69) is 4.98 Å². The highest BCUT2D eigenvalue weighted by Gasteiger charge is 2.13. The Morgan fingerprint density at radius 3 is 2.56 bits per heavy atom. The summed E-state index contributed by atoms with van der Waals surface area (Å²) in [6.07, 6.45) is 1.43. The fourth-order valence-electron chi connectivity index (χ4n) is 2.70. The maximum atomic E-state index is 13.8. The number of nitrogens with zero attached hydrogens (tertiary/aromatic N) is 2. The Labute approximate surface area is 145 Å². The Balaban J connectivity index is 1.78. The number of benzene rings is 2. The summed E-state index contributed by atoms with van der Waals surface area (Å²) < 4.78 is 28.8. The number of halogens is 2. The highest BCUT2D eigenvalue weighted by molar-refractivity contribution is 7.17. The molecule has 3 nitrogen and oxygen atoms in total. The highest BCUT2D eigenvalue weighted by Crippen LogP contribution is 2.30. The summed E-state index contributed by atoms with van der Waals surface area (Å²) >= 11 is 1.29. The standard InChI is InChI=1S/C19H12F2N2OS/c20-14-7-5-12(6-8-14)15-10-25-18-17(15)22-11-23(19(18)24)9-13-3-1-2-4-16(13)21/h1-8,10-11H,9H2. The molecule has 0 aliphatic carbocycles. The third kappa shape index (κ3) is 2.85. The topological polar surface area (TPSA) is 34.9 Å². The molecular weight excluding hydrogens is 342 g/mol. The SMILES string of the molecule is O=c1c2scc(-c3ccc(F)cc3)c2ncn1Cc1ccccc1F. The van der Waals surface area contributed by atoms with Gasteiger partial charge >= 0.3 is 0 Å². The molecule has 0 aliphatic heterocycles. The molecule has 2 aromatic carbocycles. The molecular formula is C19H12F2N2OS. The molecule has 6 heteroatoms. The van der Waals surface area contributed by atoms with Gasteiger partial charge in [-0.3, -0.25) is 9.36 Å². The van der Waals surface area contributed by atoms with Crippen molar-refractivity contribution in [3.8, 4) is 11.1 Å². The molecule has 25 heavy (non-hydrogen) atoms. The maximum Gasteiger partial charge on any atom is 0.271 e. The van der Waals surface area contributed by atoms with E-state index < -0.39 is 0 Å². The normalized spacial score (nSPS) is 11.1. The highest BCUT2D eigenvalue weighted by atomic mass is 32.1. The van der Waals surface area contributed by atoms with Gasteiger partial charge in [0.15, 0.2) is 0 Å². The number of hydrogen-bond donors (Lipinski definition) is 0. The van der Waals surface area contributed by atoms with Crippen molar-refractivity contribution in [3.63, 3.8) is 0 Å². The van der Waals surface area contributed by atoms with Crippen LogP contribution in [0.1, 0.15) is 5.56 Å². The summed E-state index contributed by atoms with van der Waals surface area (Å²) in [5.74, 6) is -0.670. The van der Waals surface area contributed by atoms with E-state index in [1.807, 2.05) is 5.38 Å². The smallest absolute Gasteiger partial charge is 0.271 e. The lowest BCUT2D eigenvalue weighted by Crippen LogP contribution is -2.20. The molecule has 0 bridgehead atoms. The molecule has 0 atom stereocenters. The lowest BCUT2D eigenvalue weighted by Gasteiger charge is -2.07. The van der Waals surface area contributed by atoms with Crippen LogP contribution in [0.2, 0.25) is 0 Å². The van der Waals surface area contributed by atoms with Gasteiger partial charge in [0.05, 0.1) is 18.4 Å². The van der Waals surface area contributed by atoms with E-state index >= 15 is 0 Å². The third-order valence-electron chi connectivity index (χ3n) is 4.00. The third-order valence-corrected chi connectivity index (χ3v) is 4.96. The molecule has 0 saturated carbocycles. The maximum absolute atomic E-state index is 13.8. The van der Waals surface area contributed by atoms with Crippen molar-refractivity contribution in [1.29, 1.82) is 0 Å². The van der Waals surface area contributed by atoms with Crippen LogP contribution < -0.4 is 5.56 Å². The predicted octanol–water partition coefficient (Wildman–Crippen LogP) is 4.45. The summed E-state index contributed by atoms with van der Waals surface area (Å²) in [5.41, 5.74) is 2.38. The summed E-state index contributed by atoms with van der Waals surface area (Å²) in [4.78, 5) is 17.1. The van der Waals surface area contributed by atoms with Gasteiger partial charge in [0.2, 0.25) is 0 Å². The fourth-order valence-corrected chi connectivity index (χ4v) is 3.67. The van der Waals surface area contributed by atoms with E-state index in [0.717, 1.165) is 11.1 Å². The van der Waals surface area contributed by atoms with Crippen LogP contribution in [0.3, 0.4) is 0 Å². The quantitative estimate of drug-likeness (QED) is 0.545. The van der Waals surface area contributed by atoms with Crippen molar-refractivity contribution in [2.75, 3.05) is 0 Å². The molecule has 4 rings (SSSR count). The summed E-state index contributed by atoms with van der Waals surface area (Å²) in [6.45, 7) is 0.123. The molecule has 0 N–H and O–H groups in total. The molecule has 0 aliphatic rings. The molecule has 0 spiro atoms. The Kier molecular flexibility index (Phi) is 3.89. The zero-order valence-electron chi connectivity index (χ0n) is 12.9. The summed E-state index contributed by atoms with van der Waals surface area (Å²) in [5, 5.41) is 1.83. The van der Waals surface area contributed by atoms with E-state index in [4.69, 9.17) is 0 Å². The molecule has 2 heterocycles. The molecule has 4 aromatic rings. The average Bonchev–Trinajstić information content (AvgIpc) is 3.05. The number of fused-ring (bicyclic) bond motifs is 1. The van der Waals surface area contributed by atoms with E-state index in [9.17, 15) is 13.6 Å². The lowest BCUT2D eigenvalue weighted by atomic mass is 10.1. The molecule has 0 unspecified atom stereocenters. The van der Waals surface area contributed by atoms with Gasteiger partial charge in [0, 0.05) is 16.5 Å². The van der Waals surface area contributed by atoms with E-state index in [0.29, 0.717) is 15.8 Å². The number of hydrogen-bond acceptors (Lipinski definition) is 3. The Hall–Kier alpha value is -2.86. The van der Waals surface area contributed by atoms with Gasteiger partial charge in [-0.15, -0.1) is 11.3 Å². The lowest BCUT2D eigenvalue weighted by molar-refractivity contribution is 0.595. The molecule has 2 aromatic heterocycles. The number of aromatic nitrogens is 2. The summed E-state index contributed by atoms with van der Waals surface area (Å²) in [6, 6.07) is 12.4. The average molecular weight is 354 g/mol. The first-order chi connectivity index (χ1) is 12.1. The van der Waals surface area contributed by atoms with Crippen molar-refractivity contribution < 1.29 is 8.78 Å². The van der Waals surface area contributed by atoms with Crippen LogP contribution in [-0.2, 0) is 6.54 Å². The van der Waals surface area contributed by atoms with Gasteiger partial charge in [0.1, 0.15) is 16.3 Å².